The van der Waals surface area contributed by atoms with Gasteiger partial charge in [-0.15, -0.1) is 0 Å². The van der Waals surface area contributed by atoms with E-state index in [4.69, 9.17) is 0 Å². The van der Waals surface area contributed by atoms with Gasteiger partial charge in [-0.1, -0.05) is 37.5 Å². The van der Waals surface area contributed by atoms with Crippen LogP contribution >= 0.6 is 0 Å². The highest BCUT2D eigenvalue weighted by Crippen LogP contribution is 2.38. The van der Waals surface area contributed by atoms with Crippen LogP contribution in [-0.4, -0.2) is 29.3 Å². The molecule has 21 heavy (non-hydrogen) atoms. The normalized spacial score (nSPS) is 22.3. The maximum absolute atomic E-state index is 13.8. The molecule has 3 heteroatoms. The van der Waals surface area contributed by atoms with Crippen LogP contribution in [0.1, 0.15) is 50.5 Å². The molecule has 1 heterocycles. The largest absolute Gasteiger partial charge is 0.297 e. The molecule has 114 valence electrons. The Hall–Kier alpha value is -1.22. The first-order valence-corrected chi connectivity index (χ1v) is 8.24. The molecule has 0 bridgehead atoms. The summed E-state index contributed by atoms with van der Waals surface area (Å²) in [5.41, 5.74) is 0.244. The highest BCUT2D eigenvalue weighted by Gasteiger charge is 2.45. The van der Waals surface area contributed by atoms with Gasteiger partial charge >= 0.3 is 0 Å². The maximum Gasteiger partial charge on any atom is 0.157 e. The summed E-state index contributed by atoms with van der Waals surface area (Å²) in [6, 6.07) is 6.68. The Kier molecular flexibility index (Phi) is 4.39. The zero-order valence-corrected chi connectivity index (χ0v) is 12.6. The van der Waals surface area contributed by atoms with Crippen molar-refractivity contribution in [3.63, 3.8) is 0 Å². The molecule has 0 N–H and O–H groups in total. The Morgan fingerprint density at radius 3 is 2.38 bits per heavy atom. The minimum Gasteiger partial charge on any atom is -0.297 e. The van der Waals surface area contributed by atoms with Crippen LogP contribution in [0.2, 0.25) is 0 Å². The highest BCUT2D eigenvalue weighted by molar-refractivity contribution is 5.90. The van der Waals surface area contributed by atoms with Gasteiger partial charge < -0.3 is 0 Å². The fourth-order valence-electron chi connectivity index (χ4n) is 4.03. The third-order valence-electron chi connectivity index (χ3n) is 5.22. The SMILES string of the molecule is O=C(Cc1ccccc1F)C1(N2CCCCC2)CCCC1. The van der Waals surface area contributed by atoms with Gasteiger partial charge in [0, 0.05) is 6.42 Å². The second kappa shape index (κ2) is 6.27. The van der Waals surface area contributed by atoms with Gasteiger partial charge in [0.25, 0.3) is 0 Å². The van der Waals surface area contributed by atoms with Gasteiger partial charge in [0.2, 0.25) is 0 Å². The van der Waals surface area contributed by atoms with Gasteiger partial charge in [-0.2, -0.15) is 0 Å². The van der Waals surface area contributed by atoms with Crippen LogP contribution in [-0.2, 0) is 11.2 Å². The lowest BCUT2D eigenvalue weighted by Crippen LogP contribution is -2.55. The van der Waals surface area contributed by atoms with Crippen molar-refractivity contribution >= 4 is 5.78 Å². The number of hydrogen-bond donors (Lipinski definition) is 0. The molecule has 1 saturated carbocycles. The Labute approximate surface area is 126 Å². The van der Waals surface area contributed by atoms with Crippen molar-refractivity contribution in [2.75, 3.05) is 13.1 Å². The molecule has 0 atom stereocenters. The van der Waals surface area contributed by atoms with Gasteiger partial charge in [-0.05, 0) is 50.4 Å². The van der Waals surface area contributed by atoms with Crippen molar-refractivity contribution in [2.24, 2.45) is 0 Å². The number of carbonyl (C=O) groups is 1. The third kappa shape index (κ3) is 2.89. The minimum absolute atomic E-state index is 0.229. The zero-order chi connectivity index (χ0) is 14.7. The average Bonchev–Trinajstić information content (AvgIpc) is 3.01. The average molecular weight is 289 g/mol. The topological polar surface area (TPSA) is 20.3 Å². The van der Waals surface area contributed by atoms with Crippen LogP contribution in [0, 0.1) is 5.82 Å². The fourth-order valence-corrected chi connectivity index (χ4v) is 4.03. The van der Waals surface area contributed by atoms with E-state index in [1.54, 1.807) is 12.1 Å². The molecule has 0 spiro atoms. The summed E-state index contributed by atoms with van der Waals surface area (Å²) in [4.78, 5) is 15.4. The first-order chi connectivity index (χ1) is 10.2. The predicted molar refractivity (Wildman–Crippen MR) is 81.7 cm³/mol. The van der Waals surface area contributed by atoms with E-state index in [9.17, 15) is 9.18 Å². The molecule has 2 aliphatic rings. The Balaban J connectivity index is 1.80. The Bertz CT molecular complexity index is 502. The number of carbonyl (C=O) groups excluding carboxylic acids is 1. The summed E-state index contributed by atoms with van der Waals surface area (Å²) >= 11 is 0. The lowest BCUT2D eigenvalue weighted by Gasteiger charge is -2.42. The molecular weight excluding hydrogens is 265 g/mol. The third-order valence-corrected chi connectivity index (χ3v) is 5.22. The van der Waals surface area contributed by atoms with Crippen LogP contribution in [0.3, 0.4) is 0 Å². The number of ketones is 1. The van der Waals surface area contributed by atoms with Crippen molar-refractivity contribution in [1.29, 1.82) is 0 Å². The highest BCUT2D eigenvalue weighted by atomic mass is 19.1. The van der Waals surface area contributed by atoms with E-state index < -0.39 is 0 Å². The smallest absolute Gasteiger partial charge is 0.157 e. The molecule has 0 unspecified atom stereocenters. The molecule has 1 aromatic rings. The van der Waals surface area contributed by atoms with Crippen LogP contribution in [0.15, 0.2) is 24.3 Å². The summed E-state index contributed by atoms with van der Waals surface area (Å²) in [5.74, 6) is -0.0235. The number of nitrogens with zero attached hydrogens (tertiary/aromatic N) is 1. The molecule has 0 aromatic heterocycles. The molecule has 3 rings (SSSR count). The zero-order valence-electron chi connectivity index (χ0n) is 12.6. The first-order valence-electron chi connectivity index (χ1n) is 8.24. The predicted octanol–water partition coefficient (Wildman–Crippen LogP) is 3.74. The minimum atomic E-state index is -0.303. The summed E-state index contributed by atoms with van der Waals surface area (Å²) in [6.45, 7) is 2.06. The summed E-state index contributed by atoms with van der Waals surface area (Å²) < 4.78 is 13.8. The second-order valence-electron chi connectivity index (χ2n) is 6.48. The fraction of sp³-hybridized carbons (Fsp3) is 0.611. The van der Waals surface area contributed by atoms with E-state index in [2.05, 4.69) is 4.90 Å². The van der Waals surface area contributed by atoms with Crippen LogP contribution in [0.4, 0.5) is 4.39 Å². The number of rotatable bonds is 4. The maximum atomic E-state index is 13.8. The van der Waals surface area contributed by atoms with Crippen molar-refractivity contribution in [3.8, 4) is 0 Å². The molecule has 0 amide bonds. The van der Waals surface area contributed by atoms with E-state index in [1.165, 1.54) is 25.3 Å². The molecule has 2 fully saturated rings. The van der Waals surface area contributed by atoms with Crippen molar-refractivity contribution in [2.45, 2.75) is 56.9 Å². The number of piperidine rings is 1. The lowest BCUT2D eigenvalue weighted by atomic mass is 9.84. The molecule has 1 aliphatic heterocycles. The van der Waals surface area contributed by atoms with E-state index >= 15 is 0 Å². The number of Topliss-reactive ketones (excluding diaryl/α,β-unsaturated/α-hetero) is 1. The number of likely N-dealkylation sites (tertiary alicyclic amines) is 1. The van der Waals surface area contributed by atoms with E-state index in [-0.39, 0.29) is 23.6 Å². The first kappa shape index (κ1) is 14.7. The summed E-state index contributed by atoms with van der Waals surface area (Å²) in [5, 5.41) is 0. The van der Waals surface area contributed by atoms with Gasteiger partial charge in [-0.3, -0.25) is 9.69 Å². The van der Waals surface area contributed by atoms with E-state index in [0.717, 1.165) is 38.8 Å². The quantitative estimate of drug-likeness (QED) is 0.841. The van der Waals surface area contributed by atoms with Crippen molar-refractivity contribution in [1.82, 2.24) is 4.90 Å². The lowest BCUT2D eigenvalue weighted by molar-refractivity contribution is -0.131. The van der Waals surface area contributed by atoms with Gasteiger partial charge in [0.1, 0.15) is 5.82 Å². The summed E-state index contributed by atoms with van der Waals surface area (Å²) in [6.07, 6.45) is 8.06. The Morgan fingerprint density at radius 1 is 1.05 bits per heavy atom. The Morgan fingerprint density at radius 2 is 1.71 bits per heavy atom. The monoisotopic (exact) mass is 289 g/mol. The number of halogens is 1. The van der Waals surface area contributed by atoms with Crippen LogP contribution < -0.4 is 0 Å². The van der Waals surface area contributed by atoms with Crippen molar-refractivity contribution < 1.29 is 9.18 Å². The summed E-state index contributed by atoms with van der Waals surface area (Å²) in [7, 11) is 0. The molecule has 2 nitrogen and oxygen atoms in total. The van der Waals surface area contributed by atoms with Gasteiger partial charge in [0.15, 0.2) is 5.78 Å². The molecule has 0 radical (unpaired) electrons. The number of hydrogen-bond acceptors (Lipinski definition) is 2. The number of benzene rings is 1. The van der Waals surface area contributed by atoms with E-state index in [0.29, 0.717) is 5.56 Å². The second-order valence-corrected chi connectivity index (χ2v) is 6.48. The molecular formula is C18H24FNO. The molecule has 1 aliphatic carbocycles. The van der Waals surface area contributed by atoms with Crippen LogP contribution in [0.25, 0.3) is 0 Å². The van der Waals surface area contributed by atoms with Gasteiger partial charge in [0.05, 0.1) is 5.54 Å². The van der Waals surface area contributed by atoms with E-state index in [1.807, 2.05) is 6.07 Å². The van der Waals surface area contributed by atoms with Gasteiger partial charge in [-0.25, -0.2) is 4.39 Å². The molecule has 1 aromatic carbocycles. The standard InChI is InChI=1S/C18H24FNO/c19-16-9-3-2-8-15(16)14-17(21)18(10-4-5-11-18)20-12-6-1-7-13-20/h2-3,8-9H,1,4-7,10-14H2. The van der Waals surface area contributed by atoms with Crippen molar-refractivity contribution in [3.05, 3.63) is 35.6 Å². The molecule has 1 saturated heterocycles. The van der Waals surface area contributed by atoms with Crippen LogP contribution in [0.5, 0.6) is 0 Å².